The molecule has 1 heterocycles. The van der Waals surface area contributed by atoms with Crippen LogP contribution in [0.15, 0.2) is 53.3 Å². The second kappa shape index (κ2) is 15.5. The highest BCUT2D eigenvalue weighted by molar-refractivity contribution is 5.86. The number of piperazine rings is 1. The monoisotopic (exact) mass is 672 g/mol. The molecule has 1 fully saturated rings. The molecule has 49 heavy (non-hydrogen) atoms. The highest BCUT2D eigenvalue weighted by atomic mass is 16.5. The van der Waals surface area contributed by atoms with Gasteiger partial charge in [-0.05, 0) is 77.9 Å². The first-order valence-electron chi connectivity index (χ1n) is 16.9. The summed E-state index contributed by atoms with van der Waals surface area (Å²) in [4.78, 5) is 44.6. The Balaban J connectivity index is 1.49. The number of benzene rings is 2. The first-order valence-corrected chi connectivity index (χ1v) is 16.9. The molecule has 3 aromatic carbocycles. The van der Waals surface area contributed by atoms with Crippen molar-refractivity contribution in [3.8, 4) is 34.1 Å². The number of aryl methyl sites for hydroxylation is 1. The van der Waals surface area contributed by atoms with E-state index in [1.165, 1.54) is 6.92 Å². The first-order chi connectivity index (χ1) is 23.6. The number of anilines is 2. The third-order valence-electron chi connectivity index (χ3n) is 9.73. The van der Waals surface area contributed by atoms with E-state index in [1.54, 1.807) is 40.6 Å². The number of hydrogen-bond acceptors (Lipinski definition) is 9. The average Bonchev–Trinajstić information content (AvgIpc) is 3.36. The van der Waals surface area contributed by atoms with Gasteiger partial charge < -0.3 is 39.4 Å². The summed E-state index contributed by atoms with van der Waals surface area (Å²) in [7, 11) is 6.35. The number of carbonyl (C=O) groups excluding carboxylic acids is 2. The molecule has 1 saturated heterocycles. The summed E-state index contributed by atoms with van der Waals surface area (Å²) in [6.45, 7) is 8.08. The quantitative estimate of drug-likeness (QED) is 0.289. The summed E-state index contributed by atoms with van der Waals surface area (Å²) < 4.78 is 22.5. The van der Waals surface area contributed by atoms with Crippen LogP contribution in [0.25, 0.3) is 11.1 Å². The summed E-state index contributed by atoms with van der Waals surface area (Å²) in [6.07, 6.45) is 1.90. The van der Waals surface area contributed by atoms with Crippen molar-refractivity contribution >= 4 is 23.2 Å². The number of ether oxygens (including phenoxy) is 4. The van der Waals surface area contributed by atoms with Gasteiger partial charge in [0.05, 0.1) is 40.2 Å². The van der Waals surface area contributed by atoms with Crippen LogP contribution >= 0.6 is 0 Å². The molecule has 0 bridgehead atoms. The van der Waals surface area contributed by atoms with E-state index in [0.717, 1.165) is 34.5 Å². The Kier molecular flexibility index (Phi) is 11.2. The minimum absolute atomic E-state index is 0.0313. The Labute approximate surface area is 288 Å². The molecule has 262 valence electrons. The topological polar surface area (TPSA) is 119 Å². The van der Waals surface area contributed by atoms with Crippen LogP contribution in [0.1, 0.15) is 50.8 Å². The maximum absolute atomic E-state index is 14.1. The summed E-state index contributed by atoms with van der Waals surface area (Å²) in [5, 5.41) is 6.41. The van der Waals surface area contributed by atoms with Gasteiger partial charge in [-0.15, -0.1) is 0 Å². The molecule has 1 aliphatic heterocycles. The van der Waals surface area contributed by atoms with Gasteiger partial charge in [-0.1, -0.05) is 26.3 Å². The van der Waals surface area contributed by atoms with Crippen LogP contribution in [0.2, 0.25) is 0 Å². The van der Waals surface area contributed by atoms with E-state index < -0.39 is 12.1 Å². The van der Waals surface area contributed by atoms with Gasteiger partial charge in [0.25, 0.3) is 0 Å². The standard InChI is InChI=1S/C38H48N4O7/c1-8-23(2)35(38(45)42-19-17-41(18-20-42)26-10-12-27(46-4)13-11-26)40-31-16-14-28-29(22-32(31)44)30(39-24(3)43)15-9-25-21-33(47-5)36(48-6)37(49-7)34(25)28/h10-14,16,21-23,30,35H,8-9,15,17-20H2,1-7H3,(H,39,43)(H,40,44)/t23-,30+,35+/m1/s1. The fourth-order valence-electron chi connectivity index (χ4n) is 6.85. The first kappa shape index (κ1) is 35.4. The van der Waals surface area contributed by atoms with Crippen molar-refractivity contribution in [1.82, 2.24) is 10.2 Å². The van der Waals surface area contributed by atoms with Crippen molar-refractivity contribution in [3.05, 3.63) is 69.9 Å². The van der Waals surface area contributed by atoms with Crippen molar-refractivity contribution in [2.75, 3.05) is 64.8 Å². The van der Waals surface area contributed by atoms with E-state index >= 15 is 0 Å². The molecule has 0 spiro atoms. The van der Waals surface area contributed by atoms with Gasteiger partial charge in [-0.25, -0.2) is 0 Å². The van der Waals surface area contributed by atoms with Gasteiger partial charge in [-0.3, -0.25) is 14.4 Å². The summed E-state index contributed by atoms with van der Waals surface area (Å²) in [5.74, 6) is 1.99. The van der Waals surface area contributed by atoms with E-state index in [-0.39, 0.29) is 23.2 Å². The lowest BCUT2D eigenvalue weighted by molar-refractivity contribution is -0.133. The molecule has 2 amide bonds. The molecule has 11 nitrogen and oxygen atoms in total. The number of rotatable bonds is 11. The lowest BCUT2D eigenvalue weighted by Gasteiger charge is -2.38. The predicted molar refractivity (Wildman–Crippen MR) is 191 cm³/mol. The van der Waals surface area contributed by atoms with Crippen molar-refractivity contribution in [2.24, 2.45) is 5.92 Å². The molecule has 5 rings (SSSR count). The second-order valence-electron chi connectivity index (χ2n) is 12.6. The van der Waals surface area contributed by atoms with Gasteiger partial charge in [0.1, 0.15) is 11.8 Å². The number of carbonyl (C=O) groups is 2. The molecule has 2 aliphatic rings. The molecule has 1 aliphatic carbocycles. The average molecular weight is 673 g/mol. The zero-order valence-electron chi connectivity index (χ0n) is 29.6. The number of nitrogens with zero attached hydrogens (tertiary/aromatic N) is 2. The van der Waals surface area contributed by atoms with Crippen LogP contribution in [0.3, 0.4) is 0 Å². The molecular formula is C38H48N4O7. The largest absolute Gasteiger partial charge is 0.497 e. The van der Waals surface area contributed by atoms with E-state index in [4.69, 9.17) is 18.9 Å². The van der Waals surface area contributed by atoms with Crippen molar-refractivity contribution < 1.29 is 28.5 Å². The van der Waals surface area contributed by atoms with E-state index in [0.29, 0.717) is 67.5 Å². The molecule has 0 unspecified atom stereocenters. The summed E-state index contributed by atoms with van der Waals surface area (Å²) in [6, 6.07) is 14.0. The molecule has 0 radical (unpaired) electrons. The van der Waals surface area contributed by atoms with Gasteiger partial charge in [0.15, 0.2) is 11.5 Å². The SMILES string of the molecule is CC[C@@H](C)[C@H](Nc1ccc2c(cc1=O)[C@@H](NC(C)=O)CCc1cc(OC)c(OC)c(OC)c1-2)C(=O)N1CCN(c2ccc(OC)cc2)CC1. The third-order valence-corrected chi connectivity index (χ3v) is 9.73. The minimum Gasteiger partial charge on any atom is -0.497 e. The highest BCUT2D eigenvalue weighted by Gasteiger charge is 2.33. The Morgan fingerprint density at radius 1 is 0.898 bits per heavy atom. The fourth-order valence-corrected chi connectivity index (χ4v) is 6.85. The Morgan fingerprint density at radius 2 is 1.59 bits per heavy atom. The van der Waals surface area contributed by atoms with Crippen LogP contribution in [0.5, 0.6) is 23.0 Å². The minimum atomic E-state index is -0.607. The smallest absolute Gasteiger partial charge is 0.245 e. The van der Waals surface area contributed by atoms with E-state index in [1.807, 2.05) is 55.1 Å². The van der Waals surface area contributed by atoms with Crippen LogP contribution < -0.4 is 39.9 Å². The van der Waals surface area contributed by atoms with Crippen molar-refractivity contribution in [1.29, 1.82) is 0 Å². The van der Waals surface area contributed by atoms with Gasteiger partial charge in [-0.2, -0.15) is 0 Å². The fraction of sp³-hybridized carbons (Fsp3) is 0.447. The molecule has 2 N–H and O–H groups in total. The molecule has 0 aromatic heterocycles. The molecule has 3 aromatic rings. The van der Waals surface area contributed by atoms with E-state index in [2.05, 4.69) is 15.5 Å². The normalized spacial score (nSPS) is 16.7. The maximum atomic E-state index is 14.1. The Hall–Kier alpha value is -4.93. The Bertz CT molecular complexity index is 1720. The van der Waals surface area contributed by atoms with Crippen molar-refractivity contribution in [2.45, 2.75) is 52.1 Å². The number of methoxy groups -OCH3 is 4. The maximum Gasteiger partial charge on any atom is 0.245 e. The predicted octanol–water partition coefficient (Wildman–Crippen LogP) is 5.05. The van der Waals surface area contributed by atoms with Crippen LogP contribution in [-0.2, 0) is 16.0 Å². The number of hydrogen-bond donors (Lipinski definition) is 2. The number of amides is 2. The van der Waals surface area contributed by atoms with Gasteiger partial charge >= 0.3 is 0 Å². The van der Waals surface area contributed by atoms with Gasteiger partial charge in [0.2, 0.25) is 23.0 Å². The Morgan fingerprint density at radius 3 is 2.18 bits per heavy atom. The van der Waals surface area contributed by atoms with Crippen molar-refractivity contribution in [3.63, 3.8) is 0 Å². The third kappa shape index (κ3) is 7.40. The lowest BCUT2D eigenvalue weighted by atomic mass is 9.95. The zero-order valence-corrected chi connectivity index (χ0v) is 29.6. The highest BCUT2D eigenvalue weighted by Crippen LogP contribution is 2.50. The second-order valence-corrected chi connectivity index (χ2v) is 12.6. The molecule has 0 saturated carbocycles. The molecule has 3 atom stereocenters. The van der Waals surface area contributed by atoms with Crippen LogP contribution in [-0.4, -0.2) is 77.4 Å². The van der Waals surface area contributed by atoms with E-state index in [9.17, 15) is 14.4 Å². The number of nitrogens with one attached hydrogen (secondary N) is 2. The lowest BCUT2D eigenvalue weighted by Crippen LogP contribution is -2.54. The van der Waals surface area contributed by atoms with Crippen LogP contribution in [0.4, 0.5) is 11.4 Å². The molecule has 11 heteroatoms. The summed E-state index contributed by atoms with van der Waals surface area (Å²) in [5.41, 5.74) is 4.24. The number of fused-ring (bicyclic) bond motifs is 3. The summed E-state index contributed by atoms with van der Waals surface area (Å²) >= 11 is 0. The zero-order chi connectivity index (χ0) is 35.2. The van der Waals surface area contributed by atoms with Crippen LogP contribution in [0, 0.1) is 5.92 Å². The molecular weight excluding hydrogens is 624 g/mol. The van der Waals surface area contributed by atoms with Gasteiger partial charge in [0, 0.05) is 44.4 Å².